The molecule has 19 heavy (non-hydrogen) atoms. The normalized spacial score (nSPS) is 10.6. The fraction of sp³-hybridized carbons (Fsp3) is 0.706. The summed E-state index contributed by atoms with van der Waals surface area (Å²) in [6.07, 6.45) is 14.3. The van der Waals surface area contributed by atoms with Gasteiger partial charge in [-0.1, -0.05) is 69.9 Å². The van der Waals surface area contributed by atoms with Crippen LogP contribution in [0.25, 0.3) is 0 Å². The molecule has 0 unspecified atom stereocenters. The number of rotatable bonds is 13. The van der Waals surface area contributed by atoms with E-state index in [1.54, 1.807) is 17.1 Å². The second kappa shape index (κ2) is 13.5. The number of hydrogen-bond donors (Lipinski definition) is 0. The van der Waals surface area contributed by atoms with Gasteiger partial charge >= 0.3 is 5.91 Å². The average molecular weight is 265 g/mol. The Morgan fingerprint density at radius 2 is 1.37 bits per heavy atom. The zero-order valence-electron chi connectivity index (χ0n) is 12.7. The van der Waals surface area contributed by atoms with Crippen molar-refractivity contribution < 1.29 is 4.79 Å². The van der Waals surface area contributed by atoms with Crippen molar-refractivity contribution in [2.24, 2.45) is 0 Å². The van der Waals surface area contributed by atoms with Gasteiger partial charge in [0, 0.05) is 0 Å². The van der Waals surface area contributed by atoms with Gasteiger partial charge in [0.2, 0.25) is 0 Å². The monoisotopic (exact) mass is 265 g/mol. The van der Waals surface area contributed by atoms with E-state index < -0.39 is 0 Å². The first kappa shape index (κ1) is 18.1. The van der Waals surface area contributed by atoms with E-state index in [9.17, 15) is 4.79 Å². The van der Waals surface area contributed by atoms with Crippen LogP contribution in [0.4, 0.5) is 0 Å². The number of amides is 1. The molecule has 0 aliphatic rings. The van der Waals surface area contributed by atoms with Crippen LogP contribution in [-0.4, -0.2) is 19.0 Å². The van der Waals surface area contributed by atoms with Crippen LogP contribution in [0.2, 0.25) is 0 Å². The maximum Gasteiger partial charge on any atom is 0.361 e. The first-order valence-electron chi connectivity index (χ1n) is 7.75. The summed E-state index contributed by atoms with van der Waals surface area (Å²) in [6.45, 7) is 10.9. The van der Waals surface area contributed by atoms with E-state index in [1.807, 2.05) is 0 Å². The van der Waals surface area contributed by atoms with Gasteiger partial charge in [0.15, 0.2) is 0 Å². The first-order chi connectivity index (χ1) is 9.26. The quantitative estimate of drug-likeness (QED) is 0.272. The van der Waals surface area contributed by atoms with Gasteiger partial charge in [-0.15, -0.1) is 0 Å². The van der Waals surface area contributed by atoms with Crippen LogP contribution < -0.4 is 4.90 Å². The molecule has 0 saturated heterocycles. The van der Waals surface area contributed by atoms with Crippen LogP contribution in [0.3, 0.4) is 0 Å². The van der Waals surface area contributed by atoms with Gasteiger partial charge in [-0.05, 0) is 18.6 Å². The summed E-state index contributed by atoms with van der Waals surface area (Å²) in [4.78, 5) is 13.7. The van der Waals surface area contributed by atoms with Gasteiger partial charge < -0.3 is 0 Å². The van der Waals surface area contributed by atoms with Crippen molar-refractivity contribution in [3.63, 3.8) is 0 Å². The van der Waals surface area contributed by atoms with Gasteiger partial charge in [-0.3, -0.25) is 0 Å². The summed E-state index contributed by atoms with van der Waals surface area (Å²) in [5.74, 6) is 0.228. The standard InChI is InChI=1S/C17H31NO/c1-4-7-8-9-10-11-12-13-14-17(19)18(15-5-2)16-6-3/h5-6H,2-4,7-16H2,1H3/q+1. The highest BCUT2D eigenvalue weighted by Crippen LogP contribution is 2.10. The molecule has 0 bridgehead atoms. The topological polar surface area (TPSA) is 23.0 Å². The summed E-state index contributed by atoms with van der Waals surface area (Å²) >= 11 is 0. The zero-order chi connectivity index (χ0) is 14.3. The van der Waals surface area contributed by atoms with Gasteiger partial charge in [-0.25, -0.2) is 4.79 Å². The molecule has 0 N–H and O–H groups in total. The molecular weight excluding hydrogens is 234 g/mol. The first-order valence-corrected chi connectivity index (χ1v) is 7.75. The Labute approximate surface area is 119 Å². The van der Waals surface area contributed by atoms with Crippen LogP contribution in [0.15, 0.2) is 25.3 Å². The van der Waals surface area contributed by atoms with E-state index in [0.717, 1.165) is 6.42 Å². The maximum atomic E-state index is 11.9. The summed E-state index contributed by atoms with van der Waals surface area (Å²) < 4.78 is 0. The smallest absolute Gasteiger partial charge is 0.225 e. The molecule has 2 heteroatoms. The highest BCUT2D eigenvalue weighted by molar-refractivity contribution is 5.79. The SMILES string of the molecule is C=CC[N+](CC=C)C(=O)CCCCCCCCCC. The van der Waals surface area contributed by atoms with Crippen LogP contribution in [0.5, 0.6) is 0 Å². The van der Waals surface area contributed by atoms with E-state index in [1.165, 1.54) is 44.9 Å². The van der Waals surface area contributed by atoms with E-state index in [4.69, 9.17) is 0 Å². The molecule has 0 spiro atoms. The summed E-state index contributed by atoms with van der Waals surface area (Å²) in [7, 11) is 0. The van der Waals surface area contributed by atoms with E-state index in [2.05, 4.69) is 20.1 Å². The van der Waals surface area contributed by atoms with Crippen LogP contribution >= 0.6 is 0 Å². The largest absolute Gasteiger partial charge is 0.361 e. The molecular formula is C17H31NO+. The molecule has 0 aromatic rings. The Kier molecular flexibility index (Phi) is 12.9. The third-order valence-corrected chi connectivity index (χ3v) is 3.30. The Morgan fingerprint density at radius 3 is 1.84 bits per heavy atom. The summed E-state index contributed by atoms with van der Waals surface area (Å²) in [5, 5.41) is 0. The van der Waals surface area contributed by atoms with Gasteiger partial charge in [-0.2, -0.15) is 0 Å². The molecule has 1 amide bonds. The molecule has 0 heterocycles. The molecule has 0 aliphatic heterocycles. The Bertz CT molecular complexity index is 238. The van der Waals surface area contributed by atoms with Crippen molar-refractivity contribution in [1.82, 2.24) is 4.90 Å². The highest BCUT2D eigenvalue weighted by Gasteiger charge is 2.21. The minimum Gasteiger partial charge on any atom is -0.225 e. The number of nitrogens with zero attached hydrogens (tertiary/aromatic N) is 1. The molecule has 0 aromatic heterocycles. The molecule has 1 radical (unpaired) electrons. The van der Waals surface area contributed by atoms with Crippen molar-refractivity contribution in [1.29, 1.82) is 0 Å². The van der Waals surface area contributed by atoms with Gasteiger partial charge in [0.05, 0.1) is 6.42 Å². The molecule has 0 aromatic carbocycles. The Morgan fingerprint density at radius 1 is 0.895 bits per heavy atom. The molecule has 2 nitrogen and oxygen atoms in total. The van der Waals surface area contributed by atoms with Crippen LogP contribution in [0, 0.1) is 0 Å². The second-order valence-electron chi connectivity index (χ2n) is 5.10. The number of unbranched alkanes of at least 4 members (excludes halogenated alkanes) is 7. The van der Waals surface area contributed by atoms with Crippen molar-refractivity contribution >= 4 is 5.91 Å². The third kappa shape index (κ3) is 10.7. The molecule has 0 rings (SSSR count). The van der Waals surface area contributed by atoms with Crippen LogP contribution in [0.1, 0.15) is 64.7 Å². The van der Waals surface area contributed by atoms with Crippen molar-refractivity contribution in [3.05, 3.63) is 25.3 Å². The lowest BCUT2D eigenvalue weighted by Gasteiger charge is -2.06. The van der Waals surface area contributed by atoms with Crippen LogP contribution in [-0.2, 0) is 4.79 Å². The fourth-order valence-corrected chi connectivity index (χ4v) is 2.16. The van der Waals surface area contributed by atoms with Crippen molar-refractivity contribution in [2.75, 3.05) is 13.1 Å². The van der Waals surface area contributed by atoms with Crippen molar-refractivity contribution in [2.45, 2.75) is 64.7 Å². The van der Waals surface area contributed by atoms with Gasteiger partial charge in [0.25, 0.3) is 0 Å². The molecule has 109 valence electrons. The third-order valence-electron chi connectivity index (χ3n) is 3.30. The molecule has 0 saturated carbocycles. The molecule has 0 aliphatic carbocycles. The fourth-order valence-electron chi connectivity index (χ4n) is 2.16. The maximum absolute atomic E-state index is 11.9. The number of hydrogen-bond acceptors (Lipinski definition) is 1. The molecule has 0 atom stereocenters. The Hall–Kier alpha value is -0.890. The number of carbonyl (C=O) groups is 1. The zero-order valence-corrected chi connectivity index (χ0v) is 12.7. The highest BCUT2D eigenvalue weighted by atomic mass is 16.2. The van der Waals surface area contributed by atoms with Gasteiger partial charge in [0.1, 0.15) is 13.1 Å². The average Bonchev–Trinajstić information content (AvgIpc) is 2.41. The second-order valence-corrected chi connectivity index (χ2v) is 5.10. The van der Waals surface area contributed by atoms with Crippen molar-refractivity contribution in [3.8, 4) is 0 Å². The Balaban J connectivity index is 3.55. The summed E-state index contributed by atoms with van der Waals surface area (Å²) in [5.41, 5.74) is 0. The predicted molar refractivity (Wildman–Crippen MR) is 84.5 cm³/mol. The lowest BCUT2D eigenvalue weighted by atomic mass is 10.1. The molecule has 0 fully saturated rings. The lowest BCUT2D eigenvalue weighted by Crippen LogP contribution is -2.37. The van der Waals surface area contributed by atoms with E-state index >= 15 is 0 Å². The minimum atomic E-state index is 0.228. The predicted octanol–water partition coefficient (Wildman–Crippen LogP) is 4.56. The van der Waals surface area contributed by atoms with E-state index in [0.29, 0.717) is 19.5 Å². The minimum absolute atomic E-state index is 0.228. The lowest BCUT2D eigenvalue weighted by molar-refractivity contribution is -0.125. The van der Waals surface area contributed by atoms with E-state index in [-0.39, 0.29) is 5.91 Å². The number of carbonyl (C=O) groups excluding carboxylic acids is 1. The summed E-state index contributed by atoms with van der Waals surface area (Å²) in [6, 6.07) is 0.